The predicted molar refractivity (Wildman–Crippen MR) is 73.3 cm³/mol. The molecule has 0 spiro atoms. The Hall–Kier alpha value is -0.870. The van der Waals surface area contributed by atoms with E-state index in [9.17, 15) is 4.79 Å². The lowest BCUT2D eigenvalue weighted by atomic mass is 10.2. The topological polar surface area (TPSA) is 55.1 Å². The fourth-order valence-electron chi connectivity index (χ4n) is 1.57. The van der Waals surface area contributed by atoms with Crippen LogP contribution >= 0.6 is 11.3 Å². The van der Waals surface area contributed by atoms with Gasteiger partial charge in [-0.15, -0.1) is 11.3 Å². The molecule has 0 aliphatic rings. The van der Waals surface area contributed by atoms with E-state index in [0.717, 1.165) is 19.3 Å². The number of hydrogen-bond acceptors (Lipinski definition) is 3. The molecular formula is C13H22N2OS. The first kappa shape index (κ1) is 14.2. The van der Waals surface area contributed by atoms with E-state index in [0.29, 0.717) is 13.0 Å². The average Bonchev–Trinajstić information content (AvgIpc) is 2.63. The van der Waals surface area contributed by atoms with Crippen molar-refractivity contribution in [1.29, 1.82) is 0 Å². The van der Waals surface area contributed by atoms with Gasteiger partial charge in [0.25, 0.3) is 0 Å². The molecule has 0 radical (unpaired) electrons. The second-order valence-electron chi connectivity index (χ2n) is 4.48. The van der Waals surface area contributed by atoms with Gasteiger partial charge in [-0.2, -0.15) is 0 Å². The molecule has 1 aromatic rings. The van der Waals surface area contributed by atoms with Crippen LogP contribution in [0, 0.1) is 6.92 Å². The number of nitrogens with two attached hydrogens (primary N) is 1. The van der Waals surface area contributed by atoms with Crippen molar-refractivity contribution in [2.45, 2.75) is 45.6 Å². The molecule has 3 nitrogen and oxygen atoms in total. The third-order valence-corrected chi connectivity index (χ3v) is 3.61. The molecule has 0 aromatic carbocycles. The predicted octanol–water partition coefficient (Wildman–Crippen LogP) is 2.23. The van der Waals surface area contributed by atoms with Crippen molar-refractivity contribution in [2.24, 2.45) is 5.73 Å². The maximum absolute atomic E-state index is 11.5. The lowest BCUT2D eigenvalue weighted by Gasteiger charge is -2.06. The zero-order valence-electron chi connectivity index (χ0n) is 10.7. The van der Waals surface area contributed by atoms with Crippen molar-refractivity contribution in [2.75, 3.05) is 6.54 Å². The lowest BCUT2D eigenvalue weighted by molar-refractivity contribution is -0.121. The van der Waals surface area contributed by atoms with Gasteiger partial charge in [-0.3, -0.25) is 4.79 Å². The fourth-order valence-corrected chi connectivity index (χ4v) is 2.50. The van der Waals surface area contributed by atoms with E-state index in [1.54, 1.807) is 0 Å². The van der Waals surface area contributed by atoms with Crippen molar-refractivity contribution in [3.63, 3.8) is 0 Å². The number of amides is 1. The third kappa shape index (κ3) is 6.44. The van der Waals surface area contributed by atoms with Crippen molar-refractivity contribution in [3.05, 3.63) is 21.9 Å². The minimum absolute atomic E-state index is 0.138. The summed E-state index contributed by atoms with van der Waals surface area (Å²) in [4.78, 5) is 14.2. The summed E-state index contributed by atoms with van der Waals surface area (Å²) in [5.41, 5.74) is 5.61. The zero-order chi connectivity index (χ0) is 12.7. The summed E-state index contributed by atoms with van der Waals surface area (Å²) in [6.07, 6.45) is 3.37. The Morgan fingerprint density at radius 2 is 2.29 bits per heavy atom. The van der Waals surface area contributed by atoms with Gasteiger partial charge in [-0.25, -0.2) is 0 Å². The standard InChI is InChI=1S/C13H22N2OS/c1-10(14)8-9-15-13(16)5-3-4-12-7-6-11(2)17-12/h6-7,10H,3-5,8-9,14H2,1-2H3,(H,15,16). The molecule has 1 heterocycles. The Bertz CT molecular complexity index is 347. The molecule has 0 aliphatic carbocycles. The maximum atomic E-state index is 11.5. The van der Waals surface area contributed by atoms with Crippen LogP contribution in [0.3, 0.4) is 0 Å². The van der Waals surface area contributed by atoms with Crippen molar-refractivity contribution in [3.8, 4) is 0 Å². The Morgan fingerprint density at radius 3 is 2.88 bits per heavy atom. The molecule has 4 heteroatoms. The van der Waals surface area contributed by atoms with E-state index in [4.69, 9.17) is 5.73 Å². The van der Waals surface area contributed by atoms with Gasteiger partial charge in [0, 0.05) is 28.8 Å². The molecule has 1 atom stereocenters. The van der Waals surface area contributed by atoms with Gasteiger partial charge in [-0.1, -0.05) is 0 Å². The highest BCUT2D eigenvalue weighted by Gasteiger charge is 2.03. The van der Waals surface area contributed by atoms with E-state index in [1.807, 2.05) is 18.3 Å². The van der Waals surface area contributed by atoms with Crippen LogP contribution in [0.5, 0.6) is 0 Å². The smallest absolute Gasteiger partial charge is 0.220 e. The highest BCUT2D eigenvalue weighted by molar-refractivity contribution is 7.11. The summed E-state index contributed by atoms with van der Waals surface area (Å²) < 4.78 is 0. The van der Waals surface area contributed by atoms with Crippen LogP contribution in [-0.2, 0) is 11.2 Å². The number of thiophene rings is 1. The first-order valence-corrected chi connectivity index (χ1v) is 6.97. The van der Waals surface area contributed by atoms with Gasteiger partial charge >= 0.3 is 0 Å². The maximum Gasteiger partial charge on any atom is 0.220 e. The molecule has 0 fully saturated rings. The van der Waals surface area contributed by atoms with Crippen LogP contribution < -0.4 is 11.1 Å². The number of nitrogens with one attached hydrogen (secondary N) is 1. The quantitative estimate of drug-likeness (QED) is 0.784. The summed E-state index contributed by atoms with van der Waals surface area (Å²) in [5.74, 6) is 0.138. The molecule has 96 valence electrons. The Kier molecular flexibility index (Phi) is 6.22. The van der Waals surface area contributed by atoms with Gasteiger partial charge in [0.05, 0.1) is 0 Å². The summed E-state index contributed by atoms with van der Waals surface area (Å²) in [5, 5.41) is 2.89. The lowest BCUT2D eigenvalue weighted by Crippen LogP contribution is -2.28. The molecule has 3 N–H and O–H groups in total. The number of carbonyl (C=O) groups excluding carboxylic acids is 1. The minimum Gasteiger partial charge on any atom is -0.356 e. The average molecular weight is 254 g/mol. The molecule has 17 heavy (non-hydrogen) atoms. The number of hydrogen-bond donors (Lipinski definition) is 2. The van der Waals surface area contributed by atoms with Gasteiger partial charge in [-0.05, 0) is 45.2 Å². The second kappa shape index (κ2) is 7.45. The van der Waals surface area contributed by atoms with Crippen LogP contribution in [0.25, 0.3) is 0 Å². The van der Waals surface area contributed by atoms with E-state index >= 15 is 0 Å². The minimum atomic E-state index is 0.138. The van der Waals surface area contributed by atoms with Crippen LogP contribution in [0.1, 0.15) is 35.9 Å². The van der Waals surface area contributed by atoms with Gasteiger partial charge in [0.1, 0.15) is 0 Å². The Morgan fingerprint density at radius 1 is 1.53 bits per heavy atom. The van der Waals surface area contributed by atoms with Crippen molar-refractivity contribution in [1.82, 2.24) is 5.32 Å². The molecule has 0 saturated heterocycles. The highest BCUT2D eigenvalue weighted by Crippen LogP contribution is 2.17. The summed E-state index contributed by atoms with van der Waals surface area (Å²) in [6.45, 7) is 4.74. The molecule has 0 aliphatic heterocycles. The normalized spacial score (nSPS) is 12.4. The Balaban J connectivity index is 2.08. The first-order valence-electron chi connectivity index (χ1n) is 6.15. The highest BCUT2D eigenvalue weighted by atomic mass is 32.1. The first-order chi connectivity index (χ1) is 8.08. The molecule has 1 amide bonds. The largest absolute Gasteiger partial charge is 0.356 e. The molecule has 1 unspecified atom stereocenters. The SMILES string of the molecule is Cc1ccc(CCCC(=O)NCCC(C)N)s1. The van der Waals surface area contributed by atoms with Crippen molar-refractivity contribution < 1.29 is 4.79 Å². The number of aryl methyl sites for hydroxylation is 2. The molecule has 0 bridgehead atoms. The fraction of sp³-hybridized carbons (Fsp3) is 0.615. The van der Waals surface area contributed by atoms with E-state index in [-0.39, 0.29) is 11.9 Å². The summed E-state index contributed by atoms with van der Waals surface area (Å²) in [7, 11) is 0. The second-order valence-corrected chi connectivity index (χ2v) is 5.85. The van der Waals surface area contributed by atoms with Crippen LogP contribution in [0.15, 0.2) is 12.1 Å². The number of rotatable bonds is 7. The van der Waals surface area contributed by atoms with Crippen LogP contribution in [0.2, 0.25) is 0 Å². The molecule has 1 aromatic heterocycles. The zero-order valence-corrected chi connectivity index (χ0v) is 11.5. The Labute approximate surface area is 107 Å². The van der Waals surface area contributed by atoms with Gasteiger partial charge in [0.2, 0.25) is 5.91 Å². The summed E-state index contributed by atoms with van der Waals surface area (Å²) in [6, 6.07) is 4.43. The number of carbonyl (C=O) groups is 1. The van der Waals surface area contributed by atoms with Crippen molar-refractivity contribution >= 4 is 17.2 Å². The van der Waals surface area contributed by atoms with Gasteiger partial charge in [0.15, 0.2) is 0 Å². The van der Waals surface area contributed by atoms with Crippen LogP contribution in [-0.4, -0.2) is 18.5 Å². The van der Waals surface area contributed by atoms with E-state index in [2.05, 4.69) is 24.4 Å². The monoisotopic (exact) mass is 254 g/mol. The molecule has 0 saturated carbocycles. The third-order valence-electron chi connectivity index (χ3n) is 2.54. The van der Waals surface area contributed by atoms with E-state index in [1.165, 1.54) is 9.75 Å². The summed E-state index contributed by atoms with van der Waals surface area (Å²) >= 11 is 1.81. The molecule has 1 rings (SSSR count). The van der Waals surface area contributed by atoms with Crippen LogP contribution in [0.4, 0.5) is 0 Å². The van der Waals surface area contributed by atoms with Gasteiger partial charge < -0.3 is 11.1 Å². The van der Waals surface area contributed by atoms with E-state index < -0.39 is 0 Å². The molecular weight excluding hydrogens is 232 g/mol.